The van der Waals surface area contributed by atoms with Crippen LogP contribution in [0.15, 0.2) is 249 Å². The maximum absolute atomic E-state index is 2.62. The van der Waals surface area contributed by atoms with Crippen LogP contribution in [-0.2, 0) is 29.1 Å². The van der Waals surface area contributed by atoms with Gasteiger partial charge in [0.25, 0.3) is 0 Å². The molecule has 358 valence electrons. The van der Waals surface area contributed by atoms with E-state index >= 15 is 0 Å². The van der Waals surface area contributed by atoms with Gasteiger partial charge in [-0.1, -0.05) is 209 Å². The molecule has 0 saturated heterocycles. The van der Waals surface area contributed by atoms with Gasteiger partial charge in [0.2, 0.25) is 0 Å². The molecule has 4 aliphatic carbocycles. The molecule has 0 amide bonds. The first-order valence-corrected chi connectivity index (χ1v) is 26.8. The van der Waals surface area contributed by atoms with E-state index in [1.807, 2.05) is 0 Å². The van der Waals surface area contributed by atoms with Crippen molar-refractivity contribution in [2.75, 3.05) is 9.80 Å². The number of hydrogen-bond acceptors (Lipinski definition) is 2. The van der Waals surface area contributed by atoms with Gasteiger partial charge in [-0.3, -0.25) is 0 Å². The van der Waals surface area contributed by atoms with Crippen molar-refractivity contribution >= 4 is 34.1 Å². The van der Waals surface area contributed by atoms with Crippen LogP contribution in [0.4, 0.5) is 34.1 Å². The van der Waals surface area contributed by atoms with Gasteiger partial charge in [0.1, 0.15) is 0 Å². The molecule has 74 heavy (non-hydrogen) atoms. The number of fused-ring (bicyclic) bond motifs is 5. The molecule has 2 nitrogen and oxygen atoms in total. The second kappa shape index (κ2) is 17.2. The van der Waals surface area contributed by atoms with Crippen LogP contribution in [0.2, 0.25) is 0 Å². The molecule has 1 fully saturated rings. The lowest BCUT2D eigenvalue weighted by Gasteiger charge is -2.40. The van der Waals surface area contributed by atoms with Crippen LogP contribution in [0.25, 0.3) is 22.3 Å². The van der Waals surface area contributed by atoms with E-state index in [1.54, 1.807) is 0 Å². The molecule has 0 bridgehead atoms. The molecular weight excluding hydrogens is 893 g/mol. The second-order valence-electron chi connectivity index (χ2n) is 22.3. The first-order chi connectivity index (χ1) is 36.3. The Hall–Kier alpha value is -8.20. The Kier molecular flexibility index (Phi) is 10.3. The van der Waals surface area contributed by atoms with E-state index in [1.165, 1.54) is 119 Å². The van der Waals surface area contributed by atoms with Gasteiger partial charge in [-0.15, -0.1) is 0 Å². The average molecular weight is 953 g/mol. The summed E-state index contributed by atoms with van der Waals surface area (Å²) in [4.78, 5) is 5.19. The second-order valence-corrected chi connectivity index (χ2v) is 22.3. The molecular formula is C72H60N2. The lowest BCUT2D eigenvalue weighted by Crippen LogP contribution is -2.34. The summed E-state index contributed by atoms with van der Waals surface area (Å²) in [5.41, 5.74) is 24.3. The first-order valence-electron chi connectivity index (χ1n) is 26.8. The third kappa shape index (κ3) is 6.63. The monoisotopic (exact) mass is 952 g/mol. The van der Waals surface area contributed by atoms with Crippen LogP contribution >= 0.6 is 0 Å². The van der Waals surface area contributed by atoms with Crippen molar-refractivity contribution in [2.24, 2.45) is 11.8 Å². The van der Waals surface area contributed by atoms with E-state index in [0.717, 1.165) is 12.8 Å². The van der Waals surface area contributed by atoms with Crippen LogP contribution in [0.3, 0.4) is 0 Å². The summed E-state index contributed by atoms with van der Waals surface area (Å²) in [5.74, 6) is 0.969. The highest BCUT2D eigenvalue weighted by atomic mass is 15.2. The van der Waals surface area contributed by atoms with Crippen molar-refractivity contribution < 1.29 is 0 Å². The van der Waals surface area contributed by atoms with E-state index in [4.69, 9.17) is 0 Å². The molecule has 1 saturated carbocycles. The lowest BCUT2D eigenvalue weighted by atomic mass is 9.67. The Labute approximate surface area is 437 Å². The summed E-state index contributed by atoms with van der Waals surface area (Å²) in [7, 11) is 0. The summed E-state index contributed by atoms with van der Waals surface area (Å²) in [5, 5.41) is 0. The third-order valence-corrected chi connectivity index (χ3v) is 17.6. The van der Waals surface area contributed by atoms with Gasteiger partial charge >= 0.3 is 0 Å². The van der Waals surface area contributed by atoms with Gasteiger partial charge in [-0.2, -0.15) is 0 Å². The average Bonchev–Trinajstić information content (AvgIpc) is 4.18. The Morgan fingerprint density at radius 2 is 0.811 bits per heavy atom. The zero-order valence-electron chi connectivity index (χ0n) is 42.5. The Morgan fingerprint density at radius 3 is 1.34 bits per heavy atom. The van der Waals surface area contributed by atoms with Crippen molar-refractivity contribution in [3.05, 3.63) is 299 Å². The third-order valence-electron chi connectivity index (χ3n) is 17.6. The highest BCUT2D eigenvalue weighted by Gasteiger charge is 2.62. The van der Waals surface area contributed by atoms with Crippen LogP contribution in [-0.4, -0.2) is 0 Å². The molecule has 0 heterocycles. The number of benzene rings is 10. The molecule has 2 heteroatoms. The van der Waals surface area contributed by atoms with Crippen molar-refractivity contribution in [3.63, 3.8) is 0 Å². The first kappa shape index (κ1) is 44.5. The SMILES string of the molecule is CC(C)(C)c1ccc(-c2ccc(N(c3ccccc3)c3cccc4c3C35c6c(cccc6N(c6ccccc6)c6ccc7c(c6)C(c6ccccc6)(c6ccccc6)c6ccccc6-7)CC3CCC5C4)cc2)cc1. The minimum absolute atomic E-state index is 0.110. The molecule has 3 unspecified atom stereocenters. The predicted molar refractivity (Wildman–Crippen MR) is 308 cm³/mol. The fourth-order valence-electron chi connectivity index (χ4n) is 14.6. The number of hydrogen-bond donors (Lipinski definition) is 0. The molecule has 0 aliphatic heterocycles. The van der Waals surface area contributed by atoms with Crippen LogP contribution in [0, 0.1) is 11.8 Å². The zero-order chi connectivity index (χ0) is 49.6. The maximum atomic E-state index is 2.62. The number of para-hydroxylation sites is 2. The molecule has 10 aromatic carbocycles. The van der Waals surface area contributed by atoms with Gasteiger partial charge in [-0.25, -0.2) is 0 Å². The van der Waals surface area contributed by atoms with Crippen LogP contribution in [0.1, 0.15) is 83.7 Å². The molecule has 3 atom stereocenters. The summed E-state index contributed by atoms with van der Waals surface area (Å²) in [6, 6.07) is 94.2. The summed E-state index contributed by atoms with van der Waals surface area (Å²) in [6.07, 6.45) is 4.60. The summed E-state index contributed by atoms with van der Waals surface area (Å²) < 4.78 is 0. The van der Waals surface area contributed by atoms with Gasteiger partial charge in [0.15, 0.2) is 0 Å². The molecule has 0 aromatic heterocycles. The summed E-state index contributed by atoms with van der Waals surface area (Å²) in [6.45, 7) is 6.85. The van der Waals surface area contributed by atoms with E-state index in [9.17, 15) is 0 Å². The molecule has 10 aromatic rings. The Morgan fingerprint density at radius 1 is 0.378 bits per heavy atom. The number of anilines is 6. The minimum Gasteiger partial charge on any atom is -0.310 e. The quantitative estimate of drug-likeness (QED) is 0.142. The van der Waals surface area contributed by atoms with E-state index in [0.29, 0.717) is 11.8 Å². The highest BCUT2D eigenvalue weighted by Crippen LogP contribution is 2.69. The van der Waals surface area contributed by atoms with Gasteiger partial charge < -0.3 is 9.80 Å². The van der Waals surface area contributed by atoms with Crippen molar-refractivity contribution in [3.8, 4) is 22.3 Å². The lowest BCUT2D eigenvalue weighted by molar-refractivity contribution is 0.350. The van der Waals surface area contributed by atoms with Crippen LogP contribution < -0.4 is 9.80 Å². The molecule has 0 N–H and O–H groups in total. The maximum Gasteiger partial charge on any atom is 0.0714 e. The van der Waals surface area contributed by atoms with Crippen LogP contribution in [0.5, 0.6) is 0 Å². The molecule has 0 radical (unpaired) electrons. The Balaban J connectivity index is 0.966. The highest BCUT2D eigenvalue weighted by molar-refractivity contribution is 5.91. The smallest absolute Gasteiger partial charge is 0.0714 e. The fourth-order valence-corrected chi connectivity index (χ4v) is 14.6. The Bertz CT molecular complexity index is 3660. The van der Waals surface area contributed by atoms with Crippen molar-refractivity contribution in [1.29, 1.82) is 0 Å². The predicted octanol–water partition coefficient (Wildman–Crippen LogP) is 18.4. The van der Waals surface area contributed by atoms with Crippen molar-refractivity contribution in [1.82, 2.24) is 0 Å². The van der Waals surface area contributed by atoms with E-state index < -0.39 is 5.41 Å². The van der Waals surface area contributed by atoms with E-state index in [-0.39, 0.29) is 10.8 Å². The fraction of sp³-hybridized carbons (Fsp3) is 0.167. The standard InChI is InChI=1S/C72H60N2/c1-70(2,3)53-38-34-49(35-39-53)50-36-42-60(43-37-50)73(58-26-12-6-13-27-58)66-32-18-20-51-46-56-40-41-57-47-52-21-19-33-67(69(52)72(56,57)68(51)66)74(59-28-14-7-15-29-59)61-44-45-63-62-30-16-17-31-64(62)71(65(63)48-61,54-22-8-4-9-23-54)55-24-10-5-11-25-55/h4-39,42-45,48,56-57H,40-41,46-47H2,1-3H3. The van der Waals surface area contributed by atoms with Crippen molar-refractivity contribution in [2.45, 2.75) is 62.7 Å². The van der Waals surface area contributed by atoms with E-state index in [2.05, 4.69) is 279 Å². The normalized spacial score (nSPS) is 18.4. The molecule has 4 aliphatic rings. The zero-order valence-corrected chi connectivity index (χ0v) is 42.5. The minimum atomic E-state index is -0.513. The summed E-state index contributed by atoms with van der Waals surface area (Å²) >= 11 is 0. The number of rotatable bonds is 9. The van der Waals surface area contributed by atoms with Gasteiger partial charge in [-0.05, 0) is 176 Å². The molecule has 14 rings (SSSR count). The van der Waals surface area contributed by atoms with Gasteiger partial charge in [0, 0.05) is 28.2 Å². The van der Waals surface area contributed by atoms with Gasteiger partial charge in [0.05, 0.1) is 16.8 Å². The topological polar surface area (TPSA) is 6.48 Å². The number of nitrogens with zero attached hydrogens (tertiary/aromatic N) is 2. The molecule has 1 spiro atoms. The largest absolute Gasteiger partial charge is 0.310 e.